The van der Waals surface area contributed by atoms with Crippen LogP contribution in [0.25, 0.3) is 0 Å². The van der Waals surface area contributed by atoms with Crippen molar-refractivity contribution >= 4 is 5.82 Å². The molecule has 1 aliphatic rings. The monoisotopic (exact) mass is 201 g/mol. The average molecular weight is 201 g/mol. The Labute approximate surface area is 90.1 Å². The van der Waals surface area contributed by atoms with E-state index >= 15 is 0 Å². The molecule has 3 nitrogen and oxygen atoms in total. The highest BCUT2D eigenvalue weighted by atomic mass is 15.0. The van der Waals surface area contributed by atoms with Crippen molar-refractivity contribution in [2.75, 3.05) is 11.9 Å². The zero-order valence-electron chi connectivity index (χ0n) is 9.17. The van der Waals surface area contributed by atoms with Crippen LogP contribution in [0.5, 0.6) is 0 Å². The molecule has 1 aliphatic carbocycles. The Bertz CT molecular complexity index is 414. The van der Waals surface area contributed by atoms with Gasteiger partial charge in [-0.1, -0.05) is 0 Å². The summed E-state index contributed by atoms with van der Waals surface area (Å²) in [6.07, 6.45) is 2.48. The minimum absolute atomic E-state index is 0.634. The first kappa shape index (κ1) is 9.97. The Balaban J connectivity index is 2.42. The summed E-state index contributed by atoms with van der Waals surface area (Å²) in [6, 6.07) is 4.13. The third-order valence-electron chi connectivity index (χ3n) is 2.68. The van der Waals surface area contributed by atoms with E-state index < -0.39 is 0 Å². The maximum atomic E-state index is 8.98. The molecule has 78 valence electrons. The van der Waals surface area contributed by atoms with Crippen LogP contribution in [0.15, 0.2) is 6.07 Å². The summed E-state index contributed by atoms with van der Waals surface area (Å²) in [5.74, 6) is 1.38. The molecule has 0 aromatic carbocycles. The Morgan fingerprint density at radius 3 is 2.87 bits per heavy atom. The van der Waals surface area contributed by atoms with Gasteiger partial charge in [-0.3, -0.25) is 0 Å². The van der Waals surface area contributed by atoms with Gasteiger partial charge < -0.3 is 5.32 Å². The average Bonchev–Trinajstić information content (AvgIpc) is 3.04. The molecular weight excluding hydrogens is 186 g/mol. The Morgan fingerprint density at radius 1 is 1.60 bits per heavy atom. The van der Waals surface area contributed by atoms with Gasteiger partial charge in [0.05, 0.1) is 5.56 Å². The second kappa shape index (κ2) is 3.90. The smallest absolute Gasteiger partial charge is 0.144 e. The standard InChI is InChI=1S/C12H15N3/c1-3-14-12-10(7-13)6-8(2)11(15-12)9-4-5-9/h6,9H,3-5H2,1-2H3,(H,14,15). The fraction of sp³-hybridized carbons (Fsp3) is 0.500. The Morgan fingerprint density at radius 2 is 2.33 bits per heavy atom. The van der Waals surface area contributed by atoms with E-state index in [0.717, 1.165) is 17.9 Å². The van der Waals surface area contributed by atoms with E-state index in [4.69, 9.17) is 5.26 Å². The summed E-state index contributed by atoms with van der Waals surface area (Å²) < 4.78 is 0. The molecule has 3 heteroatoms. The largest absolute Gasteiger partial charge is 0.369 e. The van der Waals surface area contributed by atoms with Crippen LogP contribution in [-0.4, -0.2) is 11.5 Å². The maximum absolute atomic E-state index is 8.98. The SMILES string of the molecule is CCNc1nc(C2CC2)c(C)cc1C#N. The molecule has 0 spiro atoms. The van der Waals surface area contributed by atoms with Gasteiger partial charge in [-0.25, -0.2) is 4.98 Å². The van der Waals surface area contributed by atoms with Crippen LogP contribution < -0.4 is 5.32 Å². The third-order valence-corrected chi connectivity index (χ3v) is 2.68. The number of pyridine rings is 1. The van der Waals surface area contributed by atoms with Crippen molar-refractivity contribution in [3.8, 4) is 6.07 Å². The molecular formula is C12H15N3. The Hall–Kier alpha value is -1.56. The first-order valence-electron chi connectivity index (χ1n) is 5.41. The van der Waals surface area contributed by atoms with E-state index in [9.17, 15) is 0 Å². The zero-order chi connectivity index (χ0) is 10.8. The molecule has 1 fully saturated rings. The number of hydrogen-bond donors (Lipinski definition) is 1. The molecule has 15 heavy (non-hydrogen) atoms. The van der Waals surface area contributed by atoms with Gasteiger partial charge in [0, 0.05) is 18.2 Å². The molecule has 1 saturated carbocycles. The predicted molar refractivity (Wildman–Crippen MR) is 59.8 cm³/mol. The summed E-state index contributed by atoms with van der Waals surface area (Å²) in [7, 11) is 0. The molecule has 1 aromatic rings. The Kier molecular flexibility index (Phi) is 2.59. The van der Waals surface area contributed by atoms with E-state index in [-0.39, 0.29) is 0 Å². The van der Waals surface area contributed by atoms with Crippen molar-refractivity contribution in [2.45, 2.75) is 32.6 Å². The molecule has 0 amide bonds. The van der Waals surface area contributed by atoms with Crippen molar-refractivity contribution in [1.82, 2.24) is 4.98 Å². The lowest BCUT2D eigenvalue weighted by molar-refractivity contribution is 0.985. The first-order chi connectivity index (χ1) is 7.26. The van der Waals surface area contributed by atoms with Crippen molar-refractivity contribution in [3.05, 3.63) is 22.9 Å². The molecule has 1 heterocycles. The highest BCUT2D eigenvalue weighted by Crippen LogP contribution is 2.41. The molecule has 0 saturated heterocycles. The summed E-state index contributed by atoms with van der Waals surface area (Å²) in [5, 5.41) is 12.1. The fourth-order valence-corrected chi connectivity index (χ4v) is 1.79. The molecule has 0 unspecified atom stereocenters. The van der Waals surface area contributed by atoms with Crippen LogP contribution in [0, 0.1) is 18.3 Å². The van der Waals surface area contributed by atoms with E-state index in [1.165, 1.54) is 18.5 Å². The zero-order valence-corrected chi connectivity index (χ0v) is 9.17. The van der Waals surface area contributed by atoms with Crippen molar-refractivity contribution in [2.24, 2.45) is 0 Å². The lowest BCUT2D eigenvalue weighted by Crippen LogP contribution is -2.05. The van der Waals surface area contributed by atoms with Crippen LogP contribution in [-0.2, 0) is 0 Å². The number of aromatic nitrogens is 1. The second-order valence-electron chi connectivity index (χ2n) is 4.00. The van der Waals surface area contributed by atoms with Crippen molar-refractivity contribution < 1.29 is 0 Å². The second-order valence-corrected chi connectivity index (χ2v) is 4.00. The summed E-state index contributed by atoms with van der Waals surface area (Å²) in [4.78, 5) is 4.56. The number of nitrogens with one attached hydrogen (secondary N) is 1. The van der Waals surface area contributed by atoms with E-state index in [2.05, 4.69) is 16.4 Å². The minimum Gasteiger partial charge on any atom is -0.369 e. The first-order valence-corrected chi connectivity index (χ1v) is 5.41. The van der Waals surface area contributed by atoms with Gasteiger partial charge in [0.25, 0.3) is 0 Å². The van der Waals surface area contributed by atoms with E-state index in [1.54, 1.807) is 0 Å². The molecule has 2 rings (SSSR count). The highest BCUT2D eigenvalue weighted by molar-refractivity contribution is 5.54. The topological polar surface area (TPSA) is 48.7 Å². The summed E-state index contributed by atoms with van der Waals surface area (Å²) in [5.41, 5.74) is 2.97. The lowest BCUT2D eigenvalue weighted by atomic mass is 10.1. The van der Waals surface area contributed by atoms with Crippen LogP contribution in [0.1, 0.15) is 42.5 Å². The van der Waals surface area contributed by atoms with Crippen molar-refractivity contribution in [1.29, 1.82) is 5.26 Å². The number of anilines is 1. The number of hydrogen-bond acceptors (Lipinski definition) is 3. The summed E-state index contributed by atoms with van der Waals surface area (Å²) in [6.45, 7) is 4.85. The third kappa shape index (κ3) is 1.94. The molecule has 0 atom stereocenters. The van der Waals surface area contributed by atoms with Crippen LogP contribution in [0.3, 0.4) is 0 Å². The molecule has 1 N–H and O–H groups in total. The maximum Gasteiger partial charge on any atom is 0.144 e. The van der Waals surface area contributed by atoms with Gasteiger partial charge in [-0.05, 0) is 38.3 Å². The van der Waals surface area contributed by atoms with Crippen LogP contribution in [0.4, 0.5) is 5.82 Å². The molecule has 1 aromatic heterocycles. The van der Waals surface area contributed by atoms with E-state index in [0.29, 0.717) is 11.5 Å². The lowest BCUT2D eigenvalue weighted by Gasteiger charge is -2.09. The van der Waals surface area contributed by atoms with Gasteiger partial charge in [0.1, 0.15) is 11.9 Å². The minimum atomic E-state index is 0.634. The van der Waals surface area contributed by atoms with Gasteiger partial charge in [0.2, 0.25) is 0 Å². The normalized spacial score (nSPS) is 14.7. The van der Waals surface area contributed by atoms with Crippen molar-refractivity contribution in [3.63, 3.8) is 0 Å². The predicted octanol–water partition coefficient (Wildman–Crippen LogP) is 2.57. The van der Waals surface area contributed by atoms with Gasteiger partial charge >= 0.3 is 0 Å². The quantitative estimate of drug-likeness (QED) is 0.817. The van der Waals surface area contributed by atoms with Gasteiger partial charge in [0.15, 0.2) is 0 Å². The number of aryl methyl sites for hydroxylation is 1. The summed E-state index contributed by atoms with van der Waals surface area (Å²) >= 11 is 0. The van der Waals surface area contributed by atoms with Gasteiger partial charge in [-0.2, -0.15) is 5.26 Å². The van der Waals surface area contributed by atoms with Crippen LogP contribution in [0.2, 0.25) is 0 Å². The van der Waals surface area contributed by atoms with Crippen LogP contribution >= 0.6 is 0 Å². The molecule has 0 aliphatic heterocycles. The molecule has 0 bridgehead atoms. The number of nitrogens with zero attached hydrogens (tertiary/aromatic N) is 2. The van der Waals surface area contributed by atoms with E-state index in [1.807, 2.05) is 19.9 Å². The number of nitriles is 1. The highest BCUT2D eigenvalue weighted by Gasteiger charge is 2.27. The molecule has 0 radical (unpaired) electrons. The van der Waals surface area contributed by atoms with Gasteiger partial charge in [-0.15, -0.1) is 0 Å². The fourth-order valence-electron chi connectivity index (χ4n) is 1.79. The number of rotatable bonds is 3.